The van der Waals surface area contributed by atoms with Gasteiger partial charge < -0.3 is 4.74 Å². The Balaban J connectivity index is 1.64. The summed E-state index contributed by atoms with van der Waals surface area (Å²) in [5.74, 6) is 11.9. The monoisotopic (exact) mass is 352 g/mol. The van der Waals surface area contributed by atoms with Crippen LogP contribution in [0.5, 0.6) is 0 Å². The van der Waals surface area contributed by atoms with Gasteiger partial charge in [0.1, 0.15) is 0 Å². The van der Waals surface area contributed by atoms with Crippen LogP contribution in [0, 0.1) is 52.3 Å². The second-order valence-corrected chi connectivity index (χ2v) is 9.92. The normalized spacial score (nSPS) is 45.1. The minimum atomic E-state index is 0.374. The first-order valence-corrected chi connectivity index (χ1v) is 10.8. The molecule has 0 radical (unpaired) electrons. The summed E-state index contributed by atoms with van der Waals surface area (Å²) in [4.78, 5) is 0. The summed E-state index contributed by atoms with van der Waals surface area (Å²) >= 11 is 0. The summed E-state index contributed by atoms with van der Waals surface area (Å²) in [6.07, 6.45) is 14.2. The van der Waals surface area contributed by atoms with Gasteiger partial charge in [0, 0.05) is 12.3 Å². The largest absolute Gasteiger partial charge is 0.501 e. The van der Waals surface area contributed by atoms with Gasteiger partial charge in [-0.2, -0.15) is 0 Å². The summed E-state index contributed by atoms with van der Waals surface area (Å²) in [7, 11) is 1.83. The van der Waals surface area contributed by atoms with Crippen LogP contribution in [0.3, 0.4) is 0 Å². The molecule has 0 aromatic heterocycles. The molecule has 4 aliphatic rings. The van der Waals surface area contributed by atoms with Gasteiger partial charge in [-0.15, -0.1) is 11.8 Å². The van der Waals surface area contributed by atoms with E-state index >= 15 is 0 Å². The maximum Gasteiger partial charge on any atom is 0.0958 e. The molecule has 0 bridgehead atoms. The van der Waals surface area contributed by atoms with E-state index in [1.54, 1.807) is 5.57 Å². The Kier molecular flexibility index (Phi) is 4.53. The van der Waals surface area contributed by atoms with Gasteiger partial charge in [0.05, 0.1) is 12.9 Å². The molecular formula is C25H36O. The number of hydrogen-bond acceptors (Lipinski definition) is 1. The summed E-state index contributed by atoms with van der Waals surface area (Å²) in [6.45, 7) is 9.55. The summed E-state index contributed by atoms with van der Waals surface area (Å²) in [5, 5.41) is 0. The Morgan fingerprint density at radius 2 is 1.96 bits per heavy atom. The van der Waals surface area contributed by atoms with Crippen LogP contribution in [0.2, 0.25) is 0 Å². The maximum atomic E-state index is 5.58. The molecule has 4 rings (SSSR count). The van der Waals surface area contributed by atoms with Gasteiger partial charge in [0.25, 0.3) is 0 Å². The Morgan fingerprint density at radius 1 is 1.15 bits per heavy atom. The molecular weight excluding hydrogens is 316 g/mol. The van der Waals surface area contributed by atoms with Crippen molar-refractivity contribution in [3.05, 3.63) is 23.5 Å². The highest BCUT2D eigenvalue weighted by Crippen LogP contribution is 2.66. The van der Waals surface area contributed by atoms with Crippen LogP contribution in [0.4, 0.5) is 0 Å². The molecule has 142 valence electrons. The smallest absolute Gasteiger partial charge is 0.0958 e. The van der Waals surface area contributed by atoms with Gasteiger partial charge in [-0.25, -0.2) is 0 Å². The van der Waals surface area contributed by atoms with Gasteiger partial charge in [0.2, 0.25) is 0 Å². The SMILES string of the molecule is CC#CC(C)[C@H]1CCC2C3CC=C4C=C(OC)CC[C@]4(C)C3CC[C@@]21C. The molecule has 1 nitrogen and oxygen atoms in total. The molecule has 0 aliphatic heterocycles. The quantitative estimate of drug-likeness (QED) is 0.525. The highest BCUT2D eigenvalue weighted by Gasteiger charge is 2.58. The Morgan fingerprint density at radius 3 is 2.69 bits per heavy atom. The minimum Gasteiger partial charge on any atom is -0.501 e. The lowest BCUT2D eigenvalue weighted by Crippen LogP contribution is -2.49. The zero-order valence-corrected chi connectivity index (χ0v) is 17.4. The van der Waals surface area contributed by atoms with Crippen molar-refractivity contribution in [1.82, 2.24) is 0 Å². The van der Waals surface area contributed by atoms with Crippen molar-refractivity contribution in [1.29, 1.82) is 0 Å². The maximum absolute atomic E-state index is 5.58. The van der Waals surface area contributed by atoms with Crippen LogP contribution >= 0.6 is 0 Å². The summed E-state index contributed by atoms with van der Waals surface area (Å²) in [5.41, 5.74) is 2.46. The first-order chi connectivity index (χ1) is 12.4. The summed E-state index contributed by atoms with van der Waals surface area (Å²) < 4.78 is 5.58. The van der Waals surface area contributed by atoms with Crippen molar-refractivity contribution < 1.29 is 4.74 Å². The Bertz CT molecular complexity index is 689. The topological polar surface area (TPSA) is 9.23 Å². The number of rotatable bonds is 2. The molecule has 0 amide bonds. The average Bonchev–Trinajstić information content (AvgIpc) is 2.98. The second-order valence-electron chi connectivity index (χ2n) is 9.92. The van der Waals surface area contributed by atoms with E-state index in [-0.39, 0.29) is 0 Å². The van der Waals surface area contributed by atoms with Crippen molar-refractivity contribution in [3.63, 3.8) is 0 Å². The van der Waals surface area contributed by atoms with E-state index in [9.17, 15) is 0 Å². The van der Waals surface area contributed by atoms with E-state index in [0.29, 0.717) is 16.7 Å². The molecule has 0 spiro atoms. The van der Waals surface area contributed by atoms with Crippen molar-refractivity contribution in [2.24, 2.45) is 40.4 Å². The molecule has 0 aromatic rings. The molecule has 4 aliphatic carbocycles. The third kappa shape index (κ3) is 2.51. The lowest BCUT2D eigenvalue weighted by molar-refractivity contribution is -0.0419. The summed E-state index contributed by atoms with van der Waals surface area (Å²) in [6, 6.07) is 0. The fraction of sp³-hybridized carbons (Fsp3) is 0.760. The molecule has 2 saturated carbocycles. The third-order valence-corrected chi connectivity index (χ3v) is 9.04. The first-order valence-electron chi connectivity index (χ1n) is 10.8. The van der Waals surface area contributed by atoms with E-state index in [0.717, 1.165) is 30.1 Å². The zero-order chi connectivity index (χ0) is 18.5. The number of fused-ring (bicyclic) bond motifs is 5. The number of hydrogen-bond donors (Lipinski definition) is 0. The average molecular weight is 353 g/mol. The lowest BCUT2D eigenvalue weighted by Gasteiger charge is -2.57. The standard InChI is InChI=1S/C25H36O/c1-6-7-17(2)21-10-11-22-20-9-8-18-16-19(26-5)12-14-24(18,3)23(20)13-15-25(21,22)4/h8,16-17,20-23H,9-15H2,1-5H3/t17?,20?,21-,22?,23?,24+,25-/m1/s1. The highest BCUT2D eigenvalue weighted by molar-refractivity contribution is 5.35. The lowest BCUT2D eigenvalue weighted by atomic mass is 9.47. The van der Waals surface area contributed by atoms with Gasteiger partial charge in [-0.3, -0.25) is 0 Å². The first kappa shape index (κ1) is 18.2. The number of allylic oxidation sites excluding steroid dienone is 4. The predicted octanol–water partition coefficient (Wildman–Crippen LogP) is 6.37. The van der Waals surface area contributed by atoms with Gasteiger partial charge >= 0.3 is 0 Å². The number of ether oxygens (including phenoxy) is 1. The van der Waals surface area contributed by atoms with Crippen LogP contribution in [0.25, 0.3) is 0 Å². The Labute approximate surface area is 160 Å². The van der Waals surface area contributed by atoms with Crippen molar-refractivity contribution in [3.8, 4) is 11.8 Å². The highest BCUT2D eigenvalue weighted by atomic mass is 16.5. The molecule has 4 unspecified atom stereocenters. The fourth-order valence-electron chi connectivity index (χ4n) is 7.65. The Hall–Kier alpha value is -1.16. The van der Waals surface area contributed by atoms with Gasteiger partial charge in [-0.05, 0) is 91.6 Å². The van der Waals surface area contributed by atoms with Crippen LogP contribution in [-0.2, 0) is 4.74 Å². The van der Waals surface area contributed by atoms with E-state index in [2.05, 4.69) is 44.8 Å². The van der Waals surface area contributed by atoms with Crippen LogP contribution in [0.15, 0.2) is 23.5 Å². The van der Waals surface area contributed by atoms with Crippen LogP contribution in [0.1, 0.15) is 72.6 Å². The third-order valence-electron chi connectivity index (χ3n) is 9.04. The molecule has 2 fully saturated rings. The molecule has 1 heteroatoms. The van der Waals surface area contributed by atoms with Gasteiger partial charge in [0.15, 0.2) is 0 Å². The minimum absolute atomic E-state index is 0.374. The van der Waals surface area contributed by atoms with E-state index in [4.69, 9.17) is 4.74 Å². The van der Waals surface area contributed by atoms with E-state index < -0.39 is 0 Å². The molecule has 0 heterocycles. The van der Waals surface area contributed by atoms with Crippen LogP contribution in [-0.4, -0.2) is 7.11 Å². The van der Waals surface area contributed by atoms with Crippen molar-refractivity contribution in [2.75, 3.05) is 7.11 Å². The second kappa shape index (κ2) is 6.47. The van der Waals surface area contributed by atoms with Crippen molar-refractivity contribution >= 4 is 0 Å². The van der Waals surface area contributed by atoms with E-state index in [1.807, 2.05) is 14.0 Å². The zero-order valence-electron chi connectivity index (χ0n) is 17.4. The fourth-order valence-corrected chi connectivity index (χ4v) is 7.65. The molecule has 0 N–H and O–H groups in total. The number of methoxy groups -OCH3 is 1. The molecule has 7 atom stereocenters. The predicted molar refractivity (Wildman–Crippen MR) is 108 cm³/mol. The van der Waals surface area contributed by atoms with E-state index in [1.165, 1.54) is 44.3 Å². The van der Waals surface area contributed by atoms with Crippen molar-refractivity contribution in [2.45, 2.75) is 72.6 Å². The molecule has 26 heavy (non-hydrogen) atoms. The van der Waals surface area contributed by atoms with Crippen LogP contribution < -0.4 is 0 Å². The molecule has 0 aromatic carbocycles. The van der Waals surface area contributed by atoms with Gasteiger partial charge in [-0.1, -0.05) is 26.8 Å². The molecule has 0 saturated heterocycles.